The molecule has 0 saturated heterocycles. The fourth-order valence-corrected chi connectivity index (χ4v) is 2.93. The van der Waals surface area contributed by atoms with Crippen LogP contribution in [0.4, 0.5) is 5.69 Å². The van der Waals surface area contributed by atoms with Crippen molar-refractivity contribution >= 4 is 23.2 Å². The SMILES string of the molecule is CC.N#CC1=C(N)N(c2ccccc2)N=C2CSCC=C21. The van der Waals surface area contributed by atoms with Gasteiger partial charge in [0.2, 0.25) is 0 Å². The Morgan fingerprint density at radius 1 is 1.29 bits per heavy atom. The van der Waals surface area contributed by atoms with Crippen molar-refractivity contribution in [3.8, 4) is 6.07 Å². The van der Waals surface area contributed by atoms with Gasteiger partial charge in [0.25, 0.3) is 0 Å². The molecule has 0 saturated carbocycles. The van der Waals surface area contributed by atoms with Crippen LogP contribution in [0.3, 0.4) is 0 Å². The highest BCUT2D eigenvalue weighted by molar-refractivity contribution is 8.00. The molecule has 2 heterocycles. The lowest BCUT2D eigenvalue weighted by Gasteiger charge is -2.29. The fourth-order valence-electron chi connectivity index (χ4n) is 2.12. The van der Waals surface area contributed by atoms with Gasteiger partial charge in [-0.2, -0.15) is 22.1 Å². The molecule has 1 aromatic rings. The number of nitriles is 1. The molecule has 0 bridgehead atoms. The van der Waals surface area contributed by atoms with E-state index in [9.17, 15) is 5.26 Å². The zero-order valence-corrected chi connectivity index (χ0v) is 13.0. The summed E-state index contributed by atoms with van der Waals surface area (Å²) in [6, 6.07) is 11.9. The Morgan fingerprint density at radius 3 is 2.67 bits per heavy atom. The predicted molar refractivity (Wildman–Crippen MR) is 89.9 cm³/mol. The average molecular weight is 298 g/mol. The van der Waals surface area contributed by atoms with Crippen LogP contribution < -0.4 is 10.7 Å². The summed E-state index contributed by atoms with van der Waals surface area (Å²) in [4.78, 5) is 0. The molecule has 0 atom stereocenters. The van der Waals surface area contributed by atoms with E-state index >= 15 is 0 Å². The van der Waals surface area contributed by atoms with Gasteiger partial charge < -0.3 is 5.73 Å². The lowest BCUT2D eigenvalue weighted by molar-refractivity contribution is 0.945. The van der Waals surface area contributed by atoms with E-state index in [0.29, 0.717) is 11.4 Å². The molecule has 5 heteroatoms. The number of benzene rings is 1. The molecule has 0 unspecified atom stereocenters. The van der Waals surface area contributed by atoms with Crippen LogP contribution in [0.1, 0.15) is 13.8 Å². The summed E-state index contributed by atoms with van der Waals surface area (Å²) < 4.78 is 0. The number of para-hydroxylation sites is 1. The predicted octanol–water partition coefficient (Wildman–Crippen LogP) is 3.26. The van der Waals surface area contributed by atoms with Crippen molar-refractivity contribution in [1.29, 1.82) is 5.26 Å². The molecule has 3 rings (SSSR count). The van der Waals surface area contributed by atoms with Crippen molar-refractivity contribution < 1.29 is 0 Å². The van der Waals surface area contributed by atoms with Crippen LogP contribution in [0, 0.1) is 11.3 Å². The van der Waals surface area contributed by atoms with E-state index < -0.39 is 0 Å². The Morgan fingerprint density at radius 2 is 2.00 bits per heavy atom. The van der Waals surface area contributed by atoms with Crippen molar-refractivity contribution in [3.05, 3.63) is 53.4 Å². The third kappa shape index (κ3) is 2.96. The van der Waals surface area contributed by atoms with Crippen LogP contribution in [0.25, 0.3) is 0 Å². The highest BCUT2D eigenvalue weighted by Gasteiger charge is 2.27. The van der Waals surface area contributed by atoms with Gasteiger partial charge in [0.05, 0.1) is 11.4 Å². The molecule has 2 aliphatic rings. The first-order valence-corrected chi connectivity index (χ1v) is 8.08. The van der Waals surface area contributed by atoms with Gasteiger partial charge in [0, 0.05) is 17.1 Å². The van der Waals surface area contributed by atoms with E-state index in [4.69, 9.17) is 5.73 Å². The van der Waals surface area contributed by atoms with Crippen molar-refractivity contribution in [2.45, 2.75) is 13.8 Å². The molecule has 21 heavy (non-hydrogen) atoms. The van der Waals surface area contributed by atoms with Gasteiger partial charge in [0.1, 0.15) is 17.5 Å². The first kappa shape index (κ1) is 15.2. The summed E-state index contributed by atoms with van der Waals surface area (Å²) in [6.45, 7) is 4.00. The first-order chi connectivity index (χ1) is 10.3. The minimum Gasteiger partial charge on any atom is -0.383 e. The number of nitrogens with two attached hydrogens (primary N) is 1. The second-order valence-electron chi connectivity index (χ2n) is 4.20. The van der Waals surface area contributed by atoms with Gasteiger partial charge in [-0.1, -0.05) is 38.1 Å². The van der Waals surface area contributed by atoms with Crippen LogP contribution in [-0.2, 0) is 0 Å². The Balaban J connectivity index is 0.000000774. The number of hydrazone groups is 1. The summed E-state index contributed by atoms with van der Waals surface area (Å²) in [5, 5.41) is 15.6. The number of hydrogen-bond donors (Lipinski definition) is 1. The van der Waals surface area contributed by atoms with Gasteiger partial charge in [-0.05, 0) is 12.1 Å². The Kier molecular flexibility index (Phi) is 5.07. The van der Waals surface area contributed by atoms with Crippen LogP contribution in [0.5, 0.6) is 0 Å². The lowest BCUT2D eigenvalue weighted by Crippen LogP contribution is -2.33. The van der Waals surface area contributed by atoms with Gasteiger partial charge in [-0.15, -0.1) is 0 Å². The van der Waals surface area contributed by atoms with E-state index in [1.807, 2.05) is 50.3 Å². The summed E-state index contributed by atoms with van der Waals surface area (Å²) >= 11 is 1.78. The number of fused-ring (bicyclic) bond motifs is 1. The van der Waals surface area contributed by atoms with E-state index in [0.717, 1.165) is 28.5 Å². The van der Waals surface area contributed by atoms with Crippen LogP contribution in [-0.4, -0.2) is 17.2 Å². The van der Waals surface area contributed by atoms with Crippen LogP contribution in [0.15, 0.2) is 58.5 Å². The minimum atomic E-state index is 0.399. The molecule has 4 nitrogen and oxygen atoms in total. The van der Waals surface area contributed by atoms with Gasteiger partial charge >= 0.3 is 0 Å². The molecule has 0 aliphatic carbocycles. The molecule has 1 aromatic carbocycles. The fraction of sp³-hybridized carbons (Fsp3) is 0.250. The summed E-state index contributed by atoms with van der Waals surface area (Å²) in [5.74, 6) is 2.11. The molecule has 2 aliphatic heterocycles. The standard InChI is InChI=1S/C14H12N4S.C2H6/c15-8-12-11-6-7-19-9-13(11)17-18(14(12)16)10-4-2-1-3-5-10;1-2/h1-6H,7,9,16H2;1-2H3. The largest absolute Gasteiger partial charge is 0.383 e. The average Bonchev–Trinajstić information content (AvgIpc) is 2.57. The molecule has 0 aromatic heterocycles. The molecule has 108 valence electrons. The topological polar surface area (TPSA) is 65.4 Å². The third-order valence-corrected chi connectivity index (χ3v) is 3.92. The maximum Gasteiger partial charge on any atom is 0.144 e. The Hall–Kier alpha value is -2.19. The van der Waals surface area contributed by atoms with E-state index in [1.165, 1.54) is 0 Å². The number of anilines is 1. The zero-order chi connectivity index (χ0) is 15.2. The summed E-state index contributed by atoms with van der Waals surface area (Å²) in [6.07, 6.45) is 2.03. The monoisotopic (exact) mass is 298 g/mol. The maximum absolute atomic E-state index is 9.35. The molecule has 0 spiro atoms. The number of hydrogen-bond acceptors (Lipinski definition) is 5. The Bertz CT molecular complexity index is 638. The van der Waals surface area contributed by atoms with Crippen molar-refractivity contribution in [2.75, 3.05) is 16.5 Å². The highest BCUT2D eigenvalue weighted by Crippen LogP contribution is 2.30. The van der Waals surface area contributed by atoms with Gasteiger partial charge in [0.15, 0.2) is 0 Å². The number of thioether (sulfide) groups is 1. The summed E-state index contributed by atoms with van der Waals surface area (Å²) in [7, 11) is 0. The van der Waals surface area contributed by atoms with E-state index in [-0.39, 0.29) is 0 Å². The smallest absolute Gasteiger partial charge is 0.144 e. The first-order valence-electron chi connectivity index (χ1n) is 6.92. The van der Waals surface area contributed by atoms with Crippen LogP contribution in [0.2, 0.25) is 0 Å². The summed E-state index contributed by atoms with van der Waals surface area (Å²) in [5.41, 5.74) is 9.31. The van der Waals surface area contributed by atoms with Crippen molar-refractivity contribution in [3.63, 3.8) is 0 Å². The Labute approximate surface area is 129 Å². The highest BCUT2D eigenvalue weighted by atomic mass is 32.2. The molecular weight excluding hydrogens is 280 g/mol. The number of rotatable bonds is 1. The van der Waals surface area contributed by atoms with E-state index in [2.05, 4.69) is 11.2 Å². The van der Waals surface area contributed by atoms with Crippen molar-refractivity contribution in [1.82, 2.24) is 0 Å². The molecule has 0 fully saturated rings. The quantitative estimate of drug-likeness (QED) is 0.864. The molecular formula is C16H18N4S. The van der Waals surface area contributed by atoms with E-state index in [1.54, 1.807) is 16.8 Å². The number of nitrogens with zero attached hydrogens (tertiary/aromatic N) is 3. The second kappa shape index (κ2) is 7.00. The second-order valence-corrected chi connectivity index (χ2v) is 5.23. The molecule has 2 N–H and O–H groups in total. The lowest BCUT2D eigenvalue weighted by atomic mass is 10.0. The maximum atomic E-state index is 9.35. The molecule has 0 amide bonds. The number of allylic oxidation sites excluding steroid dienone is 2. The minimum absolute atomic E-state index is 0.399. The van der Waals surface area contributed by atoms with Crippen molar-refractivity contribution in [2.24, 2.45) is 10.8 Å². The van der Waals surface area contributed by atoms with Gasteiger partial charge in [-0.3, -0.25) is 0 Å². The third-order valence-electron chi connectivity index (χ3n) is 3.04. The van der Waals surface area contributed by atoms with Crippen LogP contribution >= 0.6 is 11.8 Å². The van der Waals surface area contributed by atoms with Gasteiger partial charge in [-0.25, -0.2) is 5.01 Å². The normalized spacial score (nSPS) is 16.9. The molecule has 0 radical (unpaired) electrons. The zero-order valence-electron chi connectivity index (χ0n) is 12.2.